The average Bonchev–Trinajstić information content (AvgIpc) is 2.73. The molecule has 0 aliphatic heterocycles. The Labute approximate surface area is 171 Å². The Bertz CT molecular complexity index is 789. The van der Waals surface area contributed by atoms with Gasteiger partial charge in [-0.15, -0.1) is 0 Å². The molecule has 0 fully saturated rings. The first-order chi connectivity index (χ1) is 13.7. The first-order valence-corrected chi connectivity index (χ1v) is 10.3. The van der Waals surface area contributed by atoms with Crippen molar-refractivity contribution in [3.05, 3.63) is 71.8 Å². The Morgan fingerprint density at radius 2 is 1.75 bits per heavy atom. The number of methoxy groups -OCH3 is 1. The minimum atomic E-state index is -0.429. The van der Waals surface area contributed by atoms with Gasteiger partial charge in [0.05, 0.1) is 12.7 Å². The van der Waals surface area contributed by atoms with Crippen molar-refractivity contribution in [1.29, 1.82) is 0 Å². The van der Waals surface area contributed by atoms with Gasteiger partial charge in [0.2, 0.25) is 0 Å². The number of hydrogen-bond donors (Lipinski definition) is 0. The van der Waals surface area contributed by atoms with Gasteiger partial charge in [0, 0.05) is 18.0 Å². The Hall–Kier alpha value is -2.53. The number of benzene rings is 2. The molecule has 0 saturated heterocycles. The van der Waals surface area contributed by atoms with Crippen molar-refractivity contribution in [2.75, 3.05) is 20.2 Å². The minimum Gasteiger partial charge on any atom is -0.465 e. The molecule has 2 aromatic carbocycles. The van der Waals surface area contributed by atoms with Crippen LogP contribution in [0.25, 0.3) is 6.08 Å². The van der Waals surface area contributed by atoms with Crippen molar-refractivity contribution < 1.29 is 14.3 Å². The zero-order valence-corrected chi connectivity index (χ0v) is 17.3. The van der Waals surface area contributed by atoms with Crippen LogP contribution in [-0.4, -0.2) is 36.3 Å². The molecule has 0 radical (unpaired) electrons. The van der Waals surface area contributed by atoms with Crippen molar-refractivity contribution in [3.8, 4) is 0 Å². The molecule has 0 aliphatic carbocycles. The van der Waals surface area contributed by atoms with E-state index in [0.29, 0.717) is 23.5 Å². The van der Waals surface area contributed by atoms with Gasteiger partial charge in [-0.05, 0) is 42.3 Å². The van der Waals surface area contributed by atoms with Crippen LogP contribution in [0.5, 0.6) is 0 Å². The highest BCUT2D eigenvalue weighted by Gasteiger charge is 2.18. The molecular formula is C23H27NO3S. The summed E-state index contributed by atoms with van der Waals surface area (Å²) in [5.41, 5.74) is 1.57. The normalized spacial score (nSPS) is 10.8. The Morgan fingerprint density at radius 1 is 1.04 bits per heavy atom. The number of esters is 1. The van der Waals surface area contributed by atoms with E-state index in [1.807, 2.05) is 29.2 Å². The van der Waals surface area contributed by atoms with E-state index in [1.165, 1.54) is 7.11 Å². The maximum atomic E-state index is 12.9. The predicted molar refractivity (Wildman–Crippen MR) is 116 cm³/mol. The maximum Gasteiger partial charge on any atom is 0.339 e. The van der Waals surface area contributed by atoms with E-state index in [0.717, 1.165) is 36.6 Å². The van der Waals surface area contributed by atoms with E-state index in [9.17, 15) is 9.59 Å². The van der Waals surface area contributed by atoms with Crippen LogP contribution in [0.4, 0.5) is 4.79 Å². The fourth-order valence-electron chi connectivity index (χ4n) is 2.65. The van der Waals surface area contributed by atoms with Crippen LogP contribution >= 0.6 is 11.8 Å². The standard InChI is InChI=1S/C23H27NO3S/c1-3-4-17-24(18-11-10-14-19-12-6-5-7-13-19)23(26)28-21-16-9-8-15-20(21)22(25)27-2/h5-10,12-16H,3-4,11,17-18H2,1-2H3/b14-10+. The van der Waals surface area contributed by atoms with E-state index >= 15 is 0 Å². The summed E-state index contributed by atoms with van der Waals surface area (Å²) in [5.74, 6) is -0.429. The Kier molecular flexibility index (Phi) is 9.35. The summed E-state index contributed by atoms with van der Waals surface area (Å²) in [6.07, 6.45) is 6.92. The third-order valence-electron chi connectivity index (χ3n) is 4.20. The van der Waals surface area contributed by atoms with Crippen molar-refractivity contribution in [2.24, 2.45) is 0 Å². The number of hydrogen-bond acceptors (Lipinski definition) is 4. The topological polar surface area (TPSA) is 46.6 Å². The van der Waals surface area contributed by atoms with Gasteiger partial charge >= 0.3 is 5.97 Å². The number of rotatable bonds is 9. The number of ether oxygens (including phenoxy) is 1. The SMILES string of the molecule is CCCCN(CC/C=C/c1ccccc1)C(=O)Sc1ccccc1C(=O)OC. The lowest BCUT2D eigenvalue weighted by Gasteiger charge is -2.21. The number of nitrogens with zero attached hydrogens (tertiary/aromatic N) is 1. The van der Waals surface area contributed by atoms with E-state index in [1.54, 1.807) is 18.2 Å². The molecule has 4 nitrogen and oxygen atoms in total. The van der Waals surface area contributed by atoms with Gasteiger partial charge in [-0.25, -0.2) is 4.79 Å². The van der Waals surface area contributed by atoms with E-state index in [4.69, 9.17) is 4.74 Å². The smallest absolute Gasteiger partial charge is 0.339 e. The number of thioether (sulfide) groups is 1. The number of unbranched alkanes of at least 4 members (excludes halogenated alkanes) is 1. The monoisotopic (exact) mass is 397 g/mol. The van der Waals surface area contributed by atoms with Gasteiger partial charge < -0.3 is 9.64 Å². The molecule has 148 valence electrons. The molecule has 2 rings (SSSR count). The third kappa shape index (κ3) is 6.89. The highest BCUT2D eigenvalue weighted by molar-refractivity contribution is 8.13. The molecule has 0 atom stereocenters. The zero-order valence-electron chi connectivity index (χ0n) is 16.5. The van der Waals surface area contributed by atoms with Gasteiger partial charge in [0.25, 0.3) is 5.24 Å². The summed E-state index contributed by atoms with van der Waals surface area (Å²) in [4.78, 5) is 27.3. The second-order valence-corrected chi connectivity index (χ2v) is 7.29. The summed E-state index contributed by atoms with van der Waals surface area (Å²) in [6.45, 7) is 3.47. The third-order valence-corrected chi connectivity index (χ3v) is 5.21. The summed E-state index contributed by atoms with van der Waals surface area (Å²) < 4.78 is 4.82. The lowest BCUT2D eigenvalue weighted by Crippen LogP contribution is -2.29. The molecule has 0 heterocycles. The fraction of sp³-hybridized carbons (Fsp3) is 0.304. The fourth-order valence-corrected chi connectivity index (χ4v) is 3.56. The highest BCUT2D eigenvalue weighted by Crippen LogP contribution is 2.26. The van der Waals surface area contributed by atoms with Gasteiger partial charge in [-0.1, -0.05) is 68.0 Å². The van der Waals surface area contributed by atoms with Crippen molar-refractivity contribution >= 4 is 29.0 Å². The summed E-state index contributed by atoms with van der Waals surface area (Å²) in [5, 5.41) is -0.0436. The lowest BCUT2D eigenvalue weighted by molar-refractivity contribution is 0.0597. The van der Waals surface area contributed by atoms with E-state index in [-0.39, 0.29) is 5.24 Å². The quantitative estimate of drug-likeness (QED) is 0.391. The lowest BCUT2D eigenvalue weighted by atomic mass is 10.2. The first kappa shape index (κ1) is 21.8. The average molecular weight is 398 g/mol. The zero-order chi connectivity index (χ0) is 20.2. The molecular weight excluding hydrogens is 370 g/mol. The minimum absolute atomic E-state index is 0.0436. The van der Waals surface area contributed by atoms with Crippen LogP contribution < -0.4 is 0 Å². The van der Waals surface area contributed by atoms with Crippen LogP contribution in [-0.2, 0) is 4.74 Å². The molecule has 0 spiro atoms. The van der Waals surface area contributed by atoms with Crippen molar-refractivity contribution in [2.45, 2.75) is 31.1 Å². The van der Waals surface area contributed by atoms with E-state index < -0.39 is 5.97 Å². The molecule has 0 saturated carbocycles. The van der Waals surface area contributed by atoms with Crippen molar-refractivity contribution in [1.82, 2.24) is 4.90 Å². The molecule has 0 aliphatic rings. The largest absolute Gasteiger partial charge is 0.465 e. The summed E-state index contributed by atoms with van der Waals surface area (Å²) >= 11 is 1.09. The second kappa shape index (κ2) is 12.0. The van der Waals surface area contributed by atoms with Crippen LogP contribution in [0.1, 0.15) is 42.1 Å². The van der Waals surface area contributed by atoms with Crippen LogP contribution in [0.3, 0.4) is 0 Å². The van der Waals surface area contributed by atoms with Gasteiger partial charge in [0.1, 0.15) is 0 Å². The number of carbonyl (C=O) groups excluding carboxylic acids is 2. The molecule has 2 aromatic rings. The van der Waals surface area contributed by atoms with Crippen LogP contribution in [0.2, 0.25) is 0 Å². The number of amides is 1. The van der Waals surface area contributed by atoms with Gasteiger partial charge in [-0.3, -0.25) is 4.79 Å². The van der Waals surface area contributed by atoms with E-state index in [2.05, 4.69) is 31.2 Å². The Morgan fingerprint density at radius 3 is 2.46 bits per heavy atom. The Balaban J connectivity index is 2.01. The van der Waals surface area contributed by atoms with Gasteiger partial charge in [-0.2, -0.15) is 0 Å². The molecule has 5 heteroatoms. The summed E-state index contributed by atoms with van der Waals surface area (Å²) in [6, 6.07) is 17.2. The maximum absolute atomic E-state index is 12.9. The first-order valence-electron chi connectivity index (χ1n) is 9.51. The highest BCUT2D eigenvalue weighted by atomic mass is 32.2. The van der Waals surface area contributed by atoms with Gasteiger partial charge in [0.15, 0.2) is 0 Å². The molecule has 28 heavy (non-hydrogen) atoms. The predicted octanol–water partition coefficient (Wildman–Crippen LogP) is 5.89. The molecule has 0 bridgehead atoms. The molecule has 0 aromatic heterocycles. The molecule has 0 unspecified atom stereocenters. The number of carbonyl (C=O) groups is 2. The molecule has 0 N–H and O–H groups in total. The van der Waals surface area contributed by atoms with Crippen LogP contribution in [0.15, 0.2) is 65.6 Å². The summed E-state index contributed by atoms with van der Waals surface area (Å²) in [7, 11) is 1.35. The second-order valence-electron chi connectivity index (χ2n) is 6.30. The van der Waals surface area contributed by atoms with Crippen molar-refractivity contribution in [3.63, 3.8) is 0 Å². The van der Waals surface area contributed by atoms with Crippen LogP contribution in [0, 0.1) is 0 Å². The molecule has 1 amide bonds.